The maximum absolute atomic E-state index is 12.9. The highest BCUT2D eigenvalue weighted by atomic mass is 32.1. The van der Waals surface area contributed by atoms with Gasteiger partial charge in [0.05, 0.1) is 0 Å². The van der Waals surface area contributed by atoms with Gasteiger partial charge in [0.15, 0.2) is 0 Å². The van der Waals surface area contributed by atoms with E-state index in [2.05, 4.69) is 42.4 Å². The molecule has 1 N–H and O–H groups in total. The fourth-order valence-corrected chi connectivity index (χ4v) is 2.69. The summed E-state index contributed by atoms with van der Waals surface area (Å²) >= 11 is 1.39. The Hall–Kier alpha value is -1.49. The van der Waals surface area contributed by atoms with Crippen LogP contribution in [0.25, 0.3) is 0 Å². The molecule has 2 rings (SSSR count). The Morgan fingerprint density at radius 3 is 2.45 bits per heavy atom. The fraction of sp³-hybridized carbons (Fsp3) is 0.467. The molecule has 1 heterocycles. The van der Waals surface area contributed by atoms with Gasteiger partial charge in [0.2, 0.25) is 5.13 Å². The summed E-state index contributed by atoms with van der Waals surface area (Å²) in [6, 6.07) is 6.83. The van der Waals surface area contributed by atoms with Gasteiger partial charge in [-0.3, -0.25) is 0 Å². The smallest absolute Gasteiger partial charge is 0.202 e. The molecule has 1 aromatic heterocycles. The van der Waals surface area contributed by atoms with Gasteiger partial charge in [0, 0.05) is 23.0 Å². The fourth-order valence-electron chi connectivity index (χ4n) is 1.82. The molecule has 0 amide bonds. The van der Waals surface area contributed by atoms with Gasteiger partial charge in [-0.2, -0.15) is 4.37 Å². The van der Waals surface area contributed by atoms with E-state index in [4.69, 9.17) is 0 Å². The number of nitrogens with zero attached hydrogens (tertiary/aromatic N) is 2. The van der Waals surface area contributed by atoms with Crippen molar-refractivity contribution in [3.8, 4) is 0 Å². The van der Waals surface area contributed by atoms with E-state index in [1.165, 1.54) is 23.7 Å². The van der Waals surface area contributed by atoms with Crippen LogP contribution in [0.4, 0.5) is 9.52 Å². The summed E-state index contributed by atoms with van der Waals surface area (Å²) in [7, 11) is 0. The monoisotopic (exact) mass is 293 g/mol. The normalized spacial score (nSPS) is 13.2. The standard InChI is InChI=1S/C15H20FN3S/c1-10(9-11-5-7-12(16)8-6-11)17-14-18-13(19-20-14)15(2,3)4/h5-8,10H,9H2,1-4H3,(H,17,18,19). The molecule has 108 valence electrons. The number of benzene rings is 1. The Morgan fingerprint density at radius 1 is 1.25 bits per heavy atom. The average Bonchev–Trinajstić information content (AvgIpc) is 2.80. The molecule has 0 aliphatic heterocycles. The third kappa shape index (κ3) is 4.00. The van der Waals surface area contributed by atoms with E-state index >= 15 is 0 Å². The second-order valence-corrected chi connectivity index (χ2v) is 6.80. The lowest BCUT2D eigenvalue weighted by Gasteiger charge is -2.14. The quantitative estimate of drug-likeness (QED) is 0.925. The SMILES string of the molecule is CC(Cc1ccc(F)cc1)Nc1nc(C(C)(C)C)ns1. The van der Waals surface area contributed by atoms with Crippen molar-refractivity contribution < 1.29 is 4.39 Å². The Kier molecular flexibility index (Phi) is 4.38. The van der Waals surface area contributed by atoms with Gasteiger partial charge >= 0.3 is 0 Å². The first-order valence-corrected chi connectivity index (χ1v) is 7.47. The molecule has 3 nitrogen and oxygen atoms in total. The topological polar surface area (TPSA) is 37.8 Å². The maximum atomic E-state index is 12.9. The van der Waals surface area contributed by atoms with Crippen molar-refractivity contribution in [1.82, 2.24) is 9.36 Å². The number of aromatic nitrogens is 2. The molecule has 0 saturated carbocycles. The van der Waals surface area contributed by atoms with Crippen molar-refractivity contribution in [2.45, 2.75) is 45.6 Å². The number of hydrogen-bond donors (Lipinski definition) is 1. The van der Waals surface area contributed by atoms with Crippen LogP contribution >= 0.6 is 11.5 Å². The summed E-state index contributed by atoms with van der Waals surface area (Å²) in [5.74, 6) is 0.660. The molecule has 0 saturated heterocycles. The predicted octanol–water partition coefficient (Wildman–Crippen LogP) is 4.02. The molecule has 0 spiro atoms. The van der Waals surface area contributed by atoms with Crippen molar-refractivity contribution in [3.05, 3.63) is 41.5 Å². The number of hydrogen-bond acceptors (Lipinski definition) is 4. The van der Waals surface area contributed by atoms with E-state index in [-0.39, 0.29) is 17.3 Å². The third-order valence-corrected chi connectivity index (χ3v) is 3.57. The van der Waals surface area contributed by atoms with Crippen LogP contribution in [0.2, 0.25) is 0 Å². The molecule has 0 aliphatic carbocycles. The molecule has 2 aromatic rings. The number of nitrogens with one attached hydrogen (secondary N) is 1. The van der Waals surface area contributed by atoms with E-state index in [1.54, 1.807) is 0 Å². The van der Waals surface area contributed by atoms with E-state index < -0.39 is 0 Å². The molecule has 1 aromatic carbocycles. The maximum Gasteiger partial charge on any atom is 0.202 e. The largest absolute Gasteiger partial charge is 0.357 e. The highest BCUT2D eigenvalue weighted by Gasteiger charge is 2.20. The highest BCUT2D eigenvalue weighted by molar-refractivity contribution is 7.09. The van der Waals surface area contributed by atoms with Crippen LogP contribution in [-0.4, -0.2) is 15.4 Å². The van der Waals surface area contributed by atoms with Crippen LogP contribution in [0.1, 0.15) is 39.1 Å². The van der Waals surface area contributed by atoms with Crippen LogP contribution in [0.5, 0.6) is 0 Å². The summed E-state index contributed by atoms with van der Waals surface area (Å²) < 4.78 is 17.2. The first kappa shape index (κ1) is 14.9. The van der Waals surface area contributed by atoms with Crippen LogP contribution in [0.3, 0.4) is 0 Å². The summed E-state index contributed by atoms with van der Waals surface area (Å²) in [5, 5.41) is 4.19. The average molecular weight is 293 g/mol. The summed E-state index contributed by atoms with van der Waals surface area (Å²) in [6.07, 6.45) is 0.824. The molecule has 20 heavy (non-hydrogen) atoms. The number of halogens is 1. The van der Waals surface area contributed by atoms with Crippen molar-refractivity contribution in [1.29, 1.82) is 0 Å². The predicted molar refractivity (Wildman–Crippen MR) is 81.8 cm³/mol. The first-order chi connectivity index (χ1) is 9.34. The number of rotatable bonds is 4. The van der Waals surface area contributed by atoms with Crippen molar-refractivity contribution in [2.75, 3.05) is 5.32 Å². The van der Waals surface area contributed by atoms with Gasteiger partial charge in [-0.25, -0.2) is 9.37 Å². The van der Waals surface area contributed by atoms with E-state index in [0.717, 1.165) is 22.9 Å². The van der Waals surface area contributed by atoms with Gasteiger partial charge in [-0.05, 0) is 31.0 Å². The molecule has 5 heteroatoms. The van der Waals surface area contributed by atoms with Crippen molar-refractivity contribution in [2.24, 2.45) is 0 Å². The summed E-state index contributed by atoms with van der Waals surface area (Å²) in [5.41, 5.74) is 1.07. The zero-order valence-electron chi connectivity index (χ0n) is 12.3. The number of anilines is 1. The van der Waals surface area contributed by atoms with E-state index in [9.17, 15) is 4.39 Å². The van der Waals surface area contributed by atoms with E-state index in [0.29, 0.717) is 0 Å². The minimum Gasteiger partial charge on any atom is -0.357 e. The zero-order valence-corrected chi connectivity index (χ0v) is 13.1. The minimum absolute atomic E-state index is 0.0311. The van der Waals surface area contributed by atoms with Crippen LogP contribution < -0.4 is 5.32 Å². The lowest BCUT2D eigenvalue weighted by atomic mass is 9.96. The van der Waals surface area contributed by atoms with Crippen LogP contribution in [0, 0.1) is 5.82 Å². The van der Waals surface area contributed by atoms with Crippen molar-refractivity contribution in [3.63, 3.8) is 0 Å². The lowest BCUT2D eigenvalue weighted by Crippen LogP contribution is -2.18. The summed E-state index contributed by atoms with van der Waals surface area (Å²) in [4.78, 5) is 4.51. The molecule has 0 radical (unpaired) electrons. The molecule has 1 atom stereocenters. The Balaban J connectivity index is 1.96. The second kappa shape index (κ2) is 5.87. The van der Waals surface area contributed by atoms with Crippen LogP contribution in [-0.2, 0) is 11.8 Å². The molecule has 0 aliphatic rings. The van der Waals surface area contributed by atoms with Gasteiger partial charge in [0.1, 0.15) is 11.6 Å². The van der Waals surface area contributed by atoms with Gasteiger partial charge in [-0.15, -0.1) is 0 Å². The Bertz CT molecular complexity index is 557. The van der Waals surface area contributed by atoms with Crippen LogP contribution in [0.15, 0.2) is 24.3 Å². The highest BCUT2D eigenvalue weighted by Crippen LogP contribution is 2.23. The molecule has 0 bridgehead atoms. The van der Waals surface area contributed by atoms with E-state index in [1.807, 2.05) is 12.1 Å². The second-order valence-electron chi connectivity index (χ2n) is 6.05. The van der Waals surface area contributed by atoms with Gasteiger partial charge in [-0.1, -0.05) is 32.9 Å². The Morgan fingerprint density at radius 2 is 1.90 bits per heavy atom. The lowest BCUT2D eigenvalue weighted by molar-refractivity contribution is 0.555. The third-order valence-electron chi connectivity index (χ3n) is 2.92. The molecule has 0 fully saturated rings. The summed E-state index contributed by atoms with van der Waals surface area (Å²) in [6.45, 7) is 8.38. The van der Waals surface area contributed by atoms with Gasteiger partial charge < -0.3 is 5.32 Å². The van der Waals surface area contributed by atoms with Gasteiger partial charge in [0.25, 0.3) is 0 Å². The Labute approximate surface area is 123 Å². The molecular formula is C15H20FN3S. The molecular weight excluding hydrogens is 273 g/mol. The molecule has 1 unspecified atom stereocenters. The zero-order chi connectivity index (χ0) is 14.8. The minimum atomic E-state index is -0.201. The van der Waals surface area contributed by atoms with Crippen molar-refractivity contribution >= 4 is 16.7 Å². The first-order valence-electron chi connectivity index (χ1n) is 6.70.